The van der Waals surface area contributed by atoms with Gasteiger partial charge in [-0.3, -0.25) is 0 Å². The summed E-state index contributed by atoms with van der Waals surface area (Å²) < 4.78 is 0. The van der Waals surface area contributed by atoms with Crippen molar-refractivity contribution >= 4 is 0 Å². The Kier molecular flexibility index (Phi) is 2.94. The van der Waals surface area contributed by atoms with E-state index in [0.717, 1.165) is 31.1 Å². The van der Waals surface area contributed by atoms with Gasteiger partial charge in [-0.1, -0.05) is 30.3 Å². The molecule has 16 heavy (non-hydrogen) atoms. The first kappa shape index (κ1) is 10.3. The second-order valence-corrected chi connectivity index (χ2v) is 5.16. The normalized spacial score (nSPS) is 32.1. The molecular weight excluding hydrogens is 196 g/mol. The predicted octanol–water partition coefficient (Wildman–Crippen LogP) is 1.92. The molecule has 2 N–H and O–H groups in total. The number of hydrogen-bond donors (Lipinski definition) is 2. The van der Waals surface area contributed by atoms with E-state index in [0.29, 0.717) is 0 Å². The van der Waals surface area contributed by atoms with Crippen LogP contribution in [0.25, 0.3) is 0 Å². The molecule has 0 aromatic heterocycles. The summed E-state index contributed by atoms with van der Waals surface area (Å²) in [7, 11) is 0. The molecule has 2 heteroatoms. The van der Waals surface area contributed by atoms with Gasteiger partial charge < -0.3 is 10.6 Å². The van der Waals surface area contributed by atoms with Gasteiger partial charge in [0.1, 0.15) is 0 Å². The Morgan fingerprint density at radius 1 is 1.19 bits per heavy atom. The van der Waals surface area contributed by atoms with Crippen molar-refractivity contribution < 1.29 is 0 Å². The minimum absolute atomic E-state index is 0.725. The van der Waals surface area contributed by atoms with Crippen molar-refractivity contribution in [2.24, 2.45) is 5.92 Å². The topological polar surface area (TPSA) is 24.1 Å². The molecule has 0 spiro atoms. The van der Waals surface area contributed by atoms with Gasteiger partial charge >= 0.3 is 0 Å². The highest BCUT2D eigenvalue weighted by atomic mass is 15.1. The molecule has 0 radical (unpaired) electrons. The molecule has 3 rings (SSSR count). The monoisotopic (exact) mass is 216 g/mol. The van der Waals surface area contributed by atoms with E-state index >= 15 is 0 Å². The van der Waals surface area contributed by atoms with Gasteiger partial charge in [0.05, 0.1) is 0 Å². The third-order valence-corrected chi connectivity index (χ3v) is 4.03. The maximum absolute atomic E-state index is 3.71. The standard InChI is InChI=1S/C14H20N2/c1-2-4-11(5-3-1)9-15-10-14-12-6-7-13(8-12)16-14/h1-5,12-16H,6-10H2. The van der Waals surface area contributed by atoms with Crippen LogP contribution < -0.4 is 10.6 Å². The lowest BCUT2D eigenvalue weighted by atomic mass is 10.00. The highest BCUT2D eigenvalue weighted by Gasteiger charge is 2.38. The van der Waals surface area contributed by atoms with Crippen molar-refractivity contribution in [3.05, 3.63) is 35.9 Å². The van der Waals surface area contributed by atoms with Crippen molar-refractivity contribution in [2.75, 3.05) is 6.54 Å². The van der Waals surface area contributed by atoms with E-state index in [2.05, 4.69) is 41.0 Å². The molecule has 1 aliphatic heterocycles. The van der Waals surface area contributed by atoms with Crippen LogP contribution in [0.2, 0.25) is 0 Å². The zero-order chi connectivity index (χ0) is 10.8. The summed E-state index contributed by atoms with van der Waals surface area (Å²) in [5.41, 5.74) is 1.38. The Hall–Kier alpha value is -0.860. The second-order valence-electron chi connectivity index (χ2n) is 5.16. The van der Waals surface area contributed by atoms with Gasteiger partial charge in [-0.05, 0) is 30.7 Å². The largest absolute Gasteiger partial charge is 0.311 e. The number of benzene rings is 1. The van der Waals surface area contributed by atoms with Crippen LogP contribution in [0.1, 0.15) is 24.8 Å². The summed E-state index contributed by atoms with van der Waals surface area (Å²) in [5, 5.41) is 7.28. The highest BCUT2D eigenvalue weighted by molar-refractivity contribution is 5.14. The van der Waals surface area contributed by atoms with Crippen molar-refractivity contribution in [1.29, 1.82) is 0 Å². The predicted molar refractivity (Wildman–Crippen MR) is 66.2 cm³/mol. The maximum Gasteiger partial charge on any atom is 0.0223 e. The quantitative estimate of drug-likeness (QED) is 0.803. The van der Waals surface area contributed by atoms with E-state index in [4.69, 9.17) is 0 Å². The highest BCUT2D eigenvalue weighted by Crippen LogP contribution is 2.34. The van der Waals surface area contributed by atoms with Crippen LogP contribution in [0, 0.1) is 5.92 Å². The summed E-state index contributed by atoms with van der Waals surface area (Å²) in [6, 6.07) is 12.2. The van der Waals surface area contributed by atoms with Crippen molar-refractivity contribution in [2.45, 2.75) is 37.9 Å². The number of hydrogen-bond acceptors (Lipinski definition) is 2. The Morgan fingerprint density at radius 3 is 2.75 bits per heavy atom. The van der Waals surface area contributed by atoms with Crippen LogP contribution in [0.15, 0.2) is 30.3 Å². The molecule has 1 saturated heterocycles. The SMILES string of the molecule is c1ccc(CNCC2NC3CCC2C3)cc1. The van der Waals surface area contributed by atoms with E-state index in [9.17, 15) is 0 Å². The summed E-state index contributed by atoms with van der Waals surface area (Å²) >= 11 is 0. The molecule has 2 fully saturated rings. The van der Waals surface area contributed by atoms with E-state index < -0.39 is 0 Å². The lowest BCUT2D eigenvalue weighted by molar-refractivity contribution is 0.365. The number of nitrogens with one attached hydrogen (secondary N) is 2. The van der Waals surface area contributed by atoms with Gasteiger partial charge in [0.25, 0.3) is 0 Å². The first-order chi connectivity index (χ1) is 7.92. The average molecular weight is 216 g/mol. The Morgan fingerprint density at radius 2 is 2.06 bits per heavy atom. The number of fused-ring (bicyclic) bond motifs is 2. The van der Waals surface area contributed by atoms with Gasteiger partial charge in [0, 0.05) is 25.2 Å². The molecule has 86 valence electrons. The Bertz CT molecular complexity index is 336. The lowest BCUT2D eigenvalue weighted by Crippen LogP contribution is -2.42. The molecule has 1 saturated carbocycles. The van der Waals surface area contributed by atoms with E-state index in [1.54, 1.807) is 0 Å². The van der Waals surface area contributed by atoms with Crippen LogP contribution in [-0.2, 0) is 6.54 Å². The summed E-state index contributed by atoms with van der Waals surface area (Å²) in [6.45, 7) is 2.12. The zero-order valence-corrected chi connectivity index (χ0v) is 9.65. The third-order valence-electron chi connectivity index (χ3n) is 4.03. The third kappa shape index (κ3) is 2.13. The molecule has 0 amide bonds. The molecule has 1 aliphatic carbocycles. The number of piperidine rings is 1. The maximum atomic E-state index is 3.71. The van der Waals surface area contributed by atoms with Crippen molar-refractivity contribution in [3.8, 4) is 0 Å². The van der Waals surface area contributed by atoms with Gasteiger partial charge in [-0.2, -0.15) is 0 Å². The van der Waals surface area contributed by atoms with Gasteiger partial charge in [-0.15, -0.1) is 0 Å². The second kappa shape index (κ2) is 4.56. The molecule has 2 bridgehead atoms. The molecule has 3 unspecified atom stereocenters. The van der Waals surface area contributed by atoms with Crippen molar-refractivity contribution in [3.63, 3.8) is 0 Å². The summed E-state index contributed by atoms with van der Waals surface area (Å²) in [4.78, 5) is 0. The Labute approximate surface area is 97.4 Å². The van der Waals surface area contributed by atoms with Gasteiger partial charge in [0.2, 0.25) is 0 Å². The summed E-state index contributed by atoms with van der Waals surface area (Å²) in [5.74, 6) is 0.938. The van der Waals surface area contributed by atoms with E-state index in [-0.39, 0.29) is 0 Å². The minimum Gasteiger partial charge on any atom is -0.311 e. The van der Waals surface area contributed by atoms with Gasteiger partial charge in [0.15, 0.2) is 0 Å². The Balaban J connectivity index is 1.44. The molecule has 3 atom stereocenters. The van der Waals surface area contributed by atoms with Gasteiger partial charge in [-0.25, -0.2) is 0 Å². The first-order valence-corrected chi connectivity index (χ1v) is 6.42. The first-order valence-electron chi connectivity index (χ1n) is 6.42. The molecule has 1 aromatic carbocycles. The lowest BCUT2D eigenvalue weighted by Gasteiger charge is -2.23. The average Bonchev–Trinajstić information content (AvgIpc) is 2.92. The van der Waals surface area contributed by atoms with Crippen LogP contribution in [0.5, 0.6) is 0 Å². The molecular formula is C14H20N2. The minimum atomic E-state index is 0.725. The molecule has 1 heterocycles. The zero-order valence-electron chi connectivity index (χ0n) is 9.65. The van der Waals surface area contributed by atoms with E-state index in [1.807, 2.05) is 0 Å². The summed E-state index contributed by atoms with van der Waals surface area (Å²) in [6.07, 6.45) is 4.26. The van der Waals surface area contributed by atoms with E-state index in [1.165, 1.54) is 24.8 Å². The molecule has 2 aliphatic rings. The fourth-order valence-electron chi connectivity index (χ4n) is 3.17. The van der Waals surface area contributed by atoms with Crippen molar-refractivity contribution in [1.82, 2.24) is 10.6 Å². The van der Waals surface area contributed by atoms with Crippen LogP contribution in [-0.4, -0.2) is 18.6 Å². The molecule has 1 aromatic rings. The van der Waals surface area contributed by atoms with Crippen LogP contribution in [0.3, 0.4) is 0 Å². The smallest absolute Gasteiger partial charge is 0.0223 e. The van der Waals surface area contributed by atoms with Crippen LogP contribution in [0.4, 0.5) is 0 Å². The van der Waals surface area contributed by atoms with Crippen LogP contribution >= 0.6 is 0 Å². The fraction of sp³-hybridized carbons (Fsp3) is 0.571. The molecule has 2 nitrogen and oxygen atoms in total. The number of rotatable bonds is 4. The fourth-order valence-corrected chi connectivity index (χ4v) is 3.17.